The van der Waals surface area contributed by atoms with Gasteiger partial charge in [0.25, 0.3) is 0 Å². The summed E-state index contributed by atoms with van der Waals surface area (Å²) in [7, 11) is -3.31. The molecule has 0 aliphatic heterocycles. The zero-order chi connectivity index (χ0) is 13.4. The molecule has 0 radical (unpaired) electrons. The summed E-state index contributed by atoms with van der Waals surface area (Å²) in [5.74, 6) is 0. The van der Waals surface area contributed by atoms with Gasteiger partial charge in [-0.1, -0.05) is 23.2 Å². The fraction of sp³-hybridized carbons (Fsp3) is 0.455. The molecule has 0 saturated heterocycles. The molecular formula is C11H15Cl2NO2S. The second-order valence-electron chi connectivity index (χ2n) is 4.52. The van der Waals surface area contributed by atoms with Crippen LogP contribution in [0.2, 0.25) is 10.0 Å². The average molecular weight is 296 g/mol. The van der Waals surface area contributed by atoms with Crippen LogP contribution in [0.5, 0.6) is 0 Å². The van der Waals surface area contributed by atoms with Crippen LogP contribution in [0.25, 0.3) is 0 Å². The molecule has 1 aromatic rings. The third-order valence-electron chi connectivity index (χ3n) is 3.00. The van der Waals surface area contributed by atoms with Crippen LogP contribution < -0.4 is 5.73 Å². The molecule has 0 bridgehead atoms. The van der Waals surface area contributed by atoms with E-state index >= 15 is 0 Å². The molecule has 17 heavy (non-hydrogen) atoms. The molecule has 0 amide bonds. The normalized spacial score (nSPS) is 14.7. The van der Waals surface area contributed by atoms with Crippen LogP contribution in [-0.4, -0.2) is 19.4 Å². The van der Waals surface area contributed by atoms with Crippen molar-refractivity contribution < 1.29 is 8.42 Å². The molecule has 0 fully saturated rings. The zero-order valence-electron chi connectivity index (χ0n) is 9.87. The first-order valence-corrected chi connectivity index (χ1v) is 7.62. The Balaban J connectivity index is 3.30. The third-order valence-corrected chi connectivity index (χ3v) is 5.74. The molecule has 96 valence electrons. The topological polar surface area (TPSA) is 60.2 Å². The first kappa shape index (κ1) is 14.8. The van der Waals surface area contributed by atoms with Gasteiger partial charge >= 0.3 is 0 Å². The molecular weight excluding hydrogens is 281 g/mol. The quantitative estimate of drug-likeness (QED) is 0.933. The van der Waals surface area contributed by atoms with Crippen molar-refractivity contribution in [2.45, 2.75) is 24.6 Å². The Morgan fingerprint density at radius 1 is 1.29 bits per heavy atom. The maximum absolute atomic E-state index is 11.7. The van der Waals surface area contributed by atoms with Gasteiger partial charge in [-0.05, 0) is 37.6 Å². The summed E-state index contributed by atoms with van der Waals surface area (Å²) in [4.78, 5) is 0. The molecule has 0 aromatic heterocycles. The molecule has 0 aliphatic carbocycles. The number of rotatable bonds is 3. The molecule has 1 unspecified atom stereocenters. The fourth-order valence-corrected chi connectivity index (χ4v) is 2.36. The van der Waals surface area contributed by atoms with Crippen LogP contribution in [0.15, 0.2) is 18.2 Å². The summed E-state index contributed by atoms with van der Waals surface area (Å²) in [6.45, 7) is 3.15. The highest BCUT2D eigenvalue weighted by Crippen LogP contribution is 2.35. The monoisotopic (exact) mass is 295 g/mol. The predicted molar refractivity (Wildman–Crippen MR) is 72.3 cm³/mol. The Morgan fingerprint density at radius 3 is 2.29 bits per heavy atom. The number of benzene rings is 1. The van der Waals surface area contributed by atoms with Gasteiger partial charge in [-0.2, -0.15) is 0 Å². The Bertz CT molecular complexity index is 526. The van der Waals surface area contributed by atoms with Gasteiger partial charge in [0.05, 0.1) is 10.8 Å². The van der Waals surface area contributed by atoms with E-state index in [2.05, 4.69) is 0 Å². The minimum atomic E-state index is -3.31. The molecule has 1 aromatic carbocycles. The summed E-state index contributed by atoms with van der Waals surface area (Å²) in [5.41, 5.74) is 6.54. The van der Waals surface area contributed by atoms with Crippen molar-refractivity contribution in [1.82, 2.24) is 0 Å². The Hall–Kier alpha value is -0.290. The molecule has 1 atom stereocenters. The lowest BCUT2D eigenvalue weighted by molar-refractivity contribution is 0.496. The van der Waals surface area contributed by atoms with Crippen LogP contribution in [0.3, 0.4) is 0 Å². The summed E-state index contributed by atoms with van der Waals surface area (Å²) in [5, 5.41) is 0.891. The van der Waals surface area contributed by atoms with Crippen molar-refractivity contribution in [3.05, 3.63) is 33.8 Å². The van der Waals surface area contributed by atoms with Gasteiger partial charge in [0.1, 0.15) is 0 Å². The van der Waals surface area contributed by atoms with E-state index in [0.717, 1.165) is 6.26 Å². The van der Waals surface area contributed by atoms with E-state index in [4.69, 9.17) is 28.9 Å². The van der Waals surface area contributed by atoms with Crippen LogP contribution in [0.4, 0.5) is 0 Å². The SMILES string of the molecule is CC(C)(C(N)c1cc(Cl)ccc1Cl)S(C)(=O)=O. The second kappa shape index (κ2) is 4.76. The third kappa shape index (κ3) is 2.94. The van der Waals surface area contributed by atoms with Crippen molar-refractivity contribution in [2.24, 2.45) is 5.73 Å². The average Bonchev–Trinajstić information content (AvgIpc) is 2.19. The Labute approximate surface area is 112 Å². The van der Waals surface area contributed by atoms with Gasteiger partial charge in [0, 0.05) is 16.3 Å². The summed E-state index contributed by atoms with van der Waals surface area (Å²) in [6.07, 6.45) is 1.16. The Morgan fingerprint density at radius 2 is 1.82 bits per heavy atom. The minimum absolute atomic E-state index is 0.415. The van der Waals surface area contributed by atoms with E-state index in [0.29, 0.717) is 15.6 Å². The van der Waals surface area contributed by atoms with E-state index in [9.17, 15) is 8.42 Å². The van der Waals surface area contributed by atoms with Crippen LogP contribution in [0.1, 0.15) is 25.5 Å². The first-order valence-electron chi connectivity index (χ1n) is 4.97. The van der Waals surface area contributed by atoms with E-state index < -0.39 is 20.6 Å². The molecule has 0 spiro atoms. The number of hydrogen-bond donors (Lipinski definition) is 1. The number of sulfone groups is 1. The maximum atomic E-state index is 11.7. The molecule has 3 nitrogen and oxygen atoms in total. The lowest BCUT2D eigenvalue weighted by Gasteiger charge is -2.30. The largest absolute Gasteiger partial charge is 0.323 e. The summed E-state index contributed by atoms with van der Waals surface area (Å²) in [6, 6.07) is 4.11. The van der Waals surface area contributed by atoms with Crippen molar-refractivity contribution in [2.75, 3.05) is 6.26 Å². The molecule has 2 N–H and O–H groups in total. The minimum Gasteiger partial charge on any atom is -0.323 e. The predicted octanol–water partition coefficient (Wildman–Crippen LogP) is 2.82. The van der Waals surface area contributed by atoms with Gasteiger partial charge in [0.2, 0.25) is 0 Å². The maximum Gasteiger partial charge on any atom is 0.154 e. The van der Waals surface area contributed by atoms with Crippen molar-refractivity contribution >= 4 is 33.0 Å². The van der Waals surface area contributed by atoms with Crippen molar-refractivity contribution in [3.63, 3.8) is 0 Å². The van der Waals surface area contributed by atoms with Crippen LogP contribution >= 0.6 is 23.2 Å². The first-order chi connectivity index (χ1) is 7.57. The van der Waals surface area contributed by atoms with Gasteiger partial charge in [-0.3, -0.25) is 0 Å². The van der Waals surface area contributed by atoms with E-state index in [1.807, 2.05) is 0 Å². The summed E-state index contributed by atoms with van der Waals surface area (Å²) >= 11 is 11.9. The Kier molecular flexibility index (Phi) is 4.14. The highest BCUT2D eigenvalue weighted by Gasteiger charge is 2.38. The van der Waals surface area contributed by atoms with E-state index in [1.54, 1.807) is 32.0 Å². The molecule has 0 heterocycles. The molecule has 6 heteroatoms. The molecule has 0 saturated carbocycles. The van der Waals surface area contributed by atoms with Crippen molar-refractivity contribution in [3.8, 4) is 0 Å². The number of hydrogen-bond acceptors (Lipinski definition) is 3. The number of halogens is 2. The fourth-order valence-electron chi connectivity index (χ4n) is 1.36. The van der Waals surface area contributed by atoms with Gasteiger partial charge in [-0.15, -0.1) is 0 Å². The smallest absolute Gasteiger partial charge is 0.154 e. The zero-order valence-corrected chi connectivity index (χ0v) is 12.2. The molecule has 1 rings (SSSR count). The van der Waals surface area contributed by atoms with E-state index in [1.165, 1.54) is 0 Å². The lowest BCUT2D eigenvalue weighted by atomic mass is 9.96. The van der Waals surface area contributed by atoms with Gasteiger partial charge in [-0.25, -0.2) is 8.42 Å². The molecule has 0 aliphatic rings. The van der Waals surface area contributed by atoms with Crippen LogP contribution in [-0.2, 0) is 9.84 Å². The van der Waals surface area contributed by atoms with Gasteiger partial charge < -0.3 is 5.73 Å². The summed E-state index contributed by atoms with van der Waals surface area (Å²) < 4.78 is 22.3. The standard InChI is InChI=1S/C11H15Cl2NO2S/c1-11(2,17(3,15)16)10(14)8-6-7(12)4-5-9(8)13/h4-6,10H,14H2,1-3H3. The van der Waals surface area contributed by atoms with Crippen molar-refractivity contribution in [1.29, 1.82) is 0 Å². The highest BCUT2D eigenvalue weighted by atomic mass is 35.5. The highest BCUT2D eigenvalue weighted by molar-refractivity contribution is 7.92. The number of nitrogens with two attached hydrogens (primary N) is 1. The second-order valence-corrected chi connectivity index (χ2v) is 7.96. The van der Waals surface area contributed by atoms with E-state index in [-0.39, 0.29) is 0 Å². The van der Waals surface area contributed by atoms with Crippen LogP contribution in [0, 0.1) is 0 Å². The lowest BCUT2D eigenvalue weighted by Crippen LogP contribution is -2.42. The van der Waals surface area contributed by atoms with Gasteiger partial charge in [0.15, 0.2) is 9.84 Å².